The first-order valence-electron chi connectivity index (χ1n) is 7.79. The van der Waals surface area contributed by atoms with Crippen molar-refractivity contribution >= 4 is 39.4 Å². The number of carbonyl (C=O) groups excluding carboxylic acids is 1. The van der Waals surface area contributed by atoms with Gasteiger partial charge in [0.05, 0.1) is 12.5 Å². The molecular formula is C19H14N2O5. The number of carbonyl (C=O) groups is 2. The maximum absolute atomic E-state index is 12.5. The van der Waals surface area contributed by atoms with E-state index in [-0.39, 0.29) is 11.5 Å². The molecule has 7 heteroatoms. The number of methoxy groups -OCH3 is 1. The van der Waals surface area contributed by atoms with Gasteiger partial charge in [-0.25, -0.2) is 4.79 Å². The number of carboxylic acid groups (broad SMARTS) is 1. The molecule has 1 amide bonds. The van der Waals surface area contributed by atoms with Crippen LogP contribution in [0, 0.1) is 0 Å². The summed E-state index contributed by atoms with van der Waals surface area (Å²) in [4.78, 5) is 26.3. The van der Waals surface area contributed by atoms with Crippen LogP contribution in [-0.4, -0.2) is 29.1 Å². The SMILES string of the molecule is COc1cccc2oc(C(=O)Nc3ccc4[nH]c(C(=O)O)cc4c3)cc12. The van der Waals surface area contributed by atoms with E-state index in [1.807, 2.05) is 0 Å². The molecule has 4 rings (SSSR count). The van der Waals surface area contributed by atoms with Gasteiger partial charge in [0.1, 0.15) is 17.0 Å². The van der Waals surface area contributed by atoms with E-state index in [0.717, 1.165) is 0 Å². The van der Waals surface area contributed by atoms with Gasteiger partial charge in [0.25, 0.3) is 5.91 Å². The van der Waals surface area contributed by atoms with E-state index in [2.05, 4.69) is 10.3 Å². The number of fused-ring (bicyclic) bond motifs is 2. The van der Waals surface area contributed by atoms with Crippen LogP contribution in [0.25, 0.3) is 21.9 Å². The van der Waals surface area contributed by atoms with E-state index < -0.39 is 11.9 Å². The molecule has 0 saturated heterocycles. The van der Waals surface area contributed by atoms with Crippen molar-refractivity contribution in [2.45, 2.75) is 0 Å². The fourth-order valence-electron chi connectivity index (χ4n) is 2.84. The van der Waals surface area contributed by atoms with Crippen LogP contribution in [0.3, 0.4) is 0 Å². The number of rotatable bonds is 4. The number of furan rings is 1. The van der Waals surface area contributed by atoms with Gasteiger partial charge >= 0.3 is 5.97 Å². The molecule has 0 bridgehead atoms. The number of aromatic nitrogens is 1. The van der Waals surface area contributed by atoms with Crippen LogP contribution in [-0.2, 0) is 0 Å². The Morgan fingerprint density at radius 3 is 2.77 bits per heavy atom. The Morgan fingerprint density at radius 2 is 2.00 bits per heavy atom. The van der Waals surface area contributed by atoms with E-state index >= 15 is 0 Å². The molecule has 2 heterocycles. The number of aromatic carboxylic acids is 1. The van der Waals surface area contributed by atoms with Gasteiger partial charge in [0.2, 0.25) is 0 Å². The van der Waals surface area contributed by atoms with Gasteiger partial charge in [0, 0.05) is 22.7 Å². The lowest BCUT2D eigenvalue weighted by molar-refractivity contribution is 0.0691. The highest BCUT2D eigenvalue weighted by Gasteiger charge is 2.15. The summed E-state index contributed by atoms with van der Waals surface area (Å²) in [6.45, 7) is 0. The molecule has 4 aromatic rings. The first-order valence-corrected chi connectivity index (χ1v) is 7.79. The fourth-order valence-corrected chi connectivity index (χ4v) is 2.84. The van der Waals surface area contributed by atoms with E-state index in [0.29, 0.717) is 33.3 Å². The minimum atomic E-state index is -1.04. The molecule has 0 aliphatic rings. The summed E-state index contributed by atoms with van der Waals surface area (Å²) in [7, 11) is 1.55. The zero-order valence-electron chi connectivity index (χ0n) is 13.7. The Bertz CT molecular complexity index is 1160. The Balaban J connectivity index is 1.63. The van der Waals surface area contributed by atoms with Gasteiger partial charge < -0.3 is 24.6 Å². The summed E-state index contributed by atoms with van der Waals surface area (Å²) >= 11 is 0. The van der Waals surface area contributed by atoms with E-state index in [9.17, 15) is 9.59 Å². The minimum Gasteiger partial charge on any atom is -0.496 e. The number of benzene rings is 2. The molecular weight excluding hydrogens is 336 g/mol. The van der Waals surface area contributed by atoms with Crippen LogP contribution in [0.4, 0.5) is 5.69 Å². The van der Waals surface area contributed by atoms with Gasteiger partial charge in [-0.05, 0) is 36.4 Å². The Hall–Kier alpha value is -3.74. The molecule has 0 aliphatic heterocycles. The largest absolute Gasteiger partial charge is 0.496 e. The number of aromatic amines is 1. The van der Waals surface area contributed by atoms with Crippen molar-refractivity contribution < 1.29 is 23.8 Å². The molecule has 0 saturated carbocycles. The summed E-state index contributed by atoms with van der Waals surface area (Å²) in [5.41, 5.74) is 1.86. The highest BCUT2D eigenvalue weighted by atomic mass is 16.5. The second-order valence-electron chi connectivity index (χ2n) is 5.73. The minimum absolute atomic E-state index is 0.0906. The second-order valence-corrected chi connectivity index (χ2v) is 5.73. The molecule has 7 nitrogen and oxygen atoms in total. The van der Waals surface area contributed by atoms with Gasteiger partial charge in [-0.15, -0.1) is 0 Å². The Labute approximate surface area is 147 Å². The summed E-state index contributed by atoms with van der Waals surface area (Å²) in [6.07, 6.45) is 0. The molecule has 2 aromatic heterocycles. The highest BCUT2D eigenvalue weighted by molar-refractivity contribution is 6.06. The van der Waals surface area contributed by atoms with Crippen molar-refractivity contribution in [1.82, 2.24) is 4.98 Å². The molecule has 0 aliphatic carbocycles. The van der Waals surface area contributed by atoms with Crippen molar-refractivity contribution in [3.05, 3.63) is 60.0 Å². The Kier molecular flexibility index (Phi) is 3.62. The van der Waals surface area contributed by atoms with Crippen molar-refractivity contribution in [1.29, 1.82) is 0 Å². The third-order valence-corrected chi connectivity index (χ3v) is 4.07. The second kappa shape index (κ2) is 5.96. The maximum Gasteiger partial charge on any atom is 0.352 e. The number of nitrogens with one attached hydrogen (secondary N) is 2. The molecule has 0 spiro atoms. The zero-order chi connectivity index (χ0) is 18.3. The summed E-state index contributed by atoms with van der Waals surface area (Å²) < 4.78 is 10.9. The molecule has 2 aromatic carbocycles. The van der Waals surface area contributed by atoms with Gasteiger partial charge in [0.15, 0.2) is 5.76 Å². The molecule has 0 unspecified atom stereocenters. The van der Waals surface area contributed by atoms with Crippen molar-refractivity contribution in [2.24, 2.45) is 0 Å². The van der Waals surface area contributed by atoms with Crippen molar-refractivity contribution in [3.63, 3.8) is 0 Å². The molecule has 0 radical (unpaired) electrons. The van der Waals surface area contributed by atoms with Crippen molar-refractivity contribution in [3.8, 4) is 5.75 Å². The summed E-state index contributed by atoms with van der Waals surface area (Å²) in [5, 5.41) is 13.2. The van der Waals surface area contributed by atoms with Crippen LogP contribution in [0.2, 0.25) is 0 Å². The smallest absolute Gasteiger partial charge is 0.352 e. The summed E-state index contributed by atoms with van der Waals surface area (Å²) in [5.74, 6) is -0.662. The van der Waals surface area contributed by atoms with Gasteiger partial charge in [-0.2, -0.15) is 0 Å². The normalized spacial score (nSPS) is 11.0. The predicted molar refractivity (Wildman–Crippen MR) is 96.0 cm³/mol. The van der Waals surface area contributed by atoms with E-state index in [4.69, 9.17) is 14.3 Å². The van der Waals surface area contributed by atoms with Crippen LogP contribution in [0.1, 0.15) is 21.0 Å². The predicted octanol–water partition coefficient (Wildman–Crippen LogP) is 3.87. The number of hydrogen-bond acceptors (Lipinski definition) is 4. The number of ether oxygens (including phenoxy) is 1. The number of H-pyrrole nitrogens is 1. The molecule has 0 fully saturated rings. The Morgan fingerprint density at radius 1 is 1.15 bits per heavy atom. The lowest BCUT2D eigenvalue weighted by Gasteiger charge is -2.03. The average molecular weight is 350 g/mol. The summed E-state index contributed by atoms with van der Waals surface area (Å²) in [6, 6.07) is 13.6. The lowest BCUT2D eigenvalue weighted by atomic mass is 10.2. The van der Waals surface area contributed by atoms with E-state index in [1.54, 1.807) is 49.6 Å². The highest BCUT2D eigenvalue weighted by Crippen LogP contribution is 2.29. The zero-order valence-corrected chi connectivity index (χ0v) is 13.7. The molecule has 130 valence electrons. The number of amides is 1. The third-order valence-electron chi connectivity index (χ3n) is 4.07. The number of anilines is 1. The standard InChI is InChI=1S/C19H14N2O5/c1-25-15-3-2-4-16-12(15)9-17(26-16)18(22)20-11-5-6-13-10(7-11)8-14(21-13)19(23)24/h2-9,21H,1H3,(H,20,22)(H,23,24). The third kappa shape index (κ3) is 2.65. The maximum atomic E-state index is 12.5. The van der Waals surface area contributed by atoms with Gasteiger partial charge in [-0.3, -0.25) is 4.79 Å². The van der Waals surface area contributed by atoms with E-state index in [1.165, 1.54) is 6.07 Å². The number of carboxylic acids is 1. The van der Waals surface area contributed by atoms with Gasteiger partial charge in [-0.1, -0.05) is 6.07 Å². The lowest BCUT2D eigenvalue weighted by Crippen LogP contribution is -2.10. The van der Waals surface area contributed by atoms with Crippen LogP contribution in [0.5, 0.6) is 5.75 Å². The average Bonchev–Trinajstić information content (AvgIpc) is 3.25. The quantitative estimate of drug-likeness (QED) is 0.518. The van der Waals surface area contributed by atoms with Crippen molar-refractivity contribution in [2.75, 3.05) is 12.4 Å². The molecule has 0 atom stereocenters. The van der Waals surface area contributed by atoms with Crippen LogP contribution >= 0.6 is 0 Å². The topological polar surface area (TPSA) is 105 Å². The monoisotopic (exact) mass is 350 g/mol. The first-order chi connectivity index (χ1) is 12.5. The number of hydrogen-bond donors (Lipinski definition) is 3. The fraction of sp³-hybridized carbons (Fsp3) is 0.0526. The molecule has 3 N–H and O–H groups in total. The molecule has 26 heavy (non-hydrogen) atoms. The first kappa shape index (κ1) is 15.8. The van der Waals surface area contributed by atoms with Crippen LogP contribution in [0.15, 0.2) is 52.9 Å². The van der Waals surface area contributed by atoms with Crippen LogP contribution < -0.4 is 10.1 Å².